The van der Waals surface area contributed by atoms with Crippen molar-refractivity contribution in [3.8, 4) is 0 Å². The van der Waals surface area contributed by atoms with E-state index in [9.17, 15) is 0 Å². The van der Waals surface area contributed by atoms with Gasteiger partial charge in [-0.05, 0) is 34.8 Å². The number of allylic oxidation sites excluding steroid dienone is 7. The third-order valence-corrected chi connectivity index (χ3v) is 2.91. The maximum absolute atomic E-state index is 4.17. The van der Waals surface area contributed by atoms with E-state index in [4.69, 9.17) is 0 Å². The van der Waals surface area contributed by atoms with Crippen LogP contribution in [-0.4, -0.2) is 0 Å². The molecule has 0 aliphatic heterocycles. The lowest BCUT2D eigenvalue weighted by atomic mass is 9.97. The van der Waals surface area contributed by atoms with Crippen molar-refractivity contribution in [3.63, 3.8) is 0 Å². The Morgan fingerprint density at radius 2 is 1.71 bits per heavy atom. The van der Waals surface area contributed by atoms with Crippen LogP contribution in [0, 0.1) is 0 Å². The molecule has 0 saturated heterocycles. The molecule has 1 rings (SSSR count). The van der Waals surface area contributed by atoms with Gasteiger partial charge in [0.1, 0.15) is 0 Å². The molecule has 0 atom stereocenters. The Kier molecular flexibility index (Phi) is 10.6. The van der Waals surface area contributed by atoms with Crippen LogP contribution in [0.1, 0.15) is 39.2 Å². The van der Waals surface area contributed by atoms with Crippen molar-refractivity contribution in [2.45, 2.75) is 33.6 Å². The van der Waals surface area contributed by atoms with Crippen molar-refractivity contribution < 1.29 is 0 Å². The molecule has 0 fully saturated rings. The van der Waals surface area contributed by atoms with E-state index in [0.29, 0.717) is 0 Å². The van der Waals surface area contributed by atoms with Crippen molar-refractivity contribution in [2.24, 2.45) is 0 Å². The summed E-state index contributed by atoms with van der Waals surface area (Å²) in [5.74, 6) is 0. The van der Waals surface area contributed by atoms with Crippen LogP contribution in [0.5, 0.6) is 0 Å². The minimum atomic E-state index is 1.01. The van der Waals surface area contributed by atoms with E-state index >= 15 is 0 Å². The third kappa shape index (κ3) is 6.76. The quantitative estimate of drug-likeness (QED) is 0.484. The van der Waals surface area contributed by atoms with Gasteiger partial charge < -0.3 is 0 Å². The van der Waals surface area contributed by atoms with Crippen LogP contribution in [0.15, 0.2) is 85.5 Å². The van der Waals surface area contributed by atoms with Gasteiger partial charge in [0.25, 0.3) is 0 Å². The first-order valence-electron chi connectivity index (χ1n) is 7.63. The van der Waals surface area contributed by atoms with E-state index in [2.05, 4.69) is 44.9 Å². The van der Waals surface area contributed by atoms with Gasteiger partial charge in [-0.1, -0.05) is 95.5 Å². The Labute approximate surface area is 130 Å². The normalized spacial score (nSPS) is 11.2. The Morgan fingerprint density at radius 3 is 2.19 bits per heavy atom. The Bertz CT molecular complexity index is 498. The molecule has 0 amide bonds. The first-order chi connectivity index (χ1) is 10.2. The zero-order valence-corrected chi connectivity index (χ0v) is 13.7. The number of rotatable bonds is 7. The minimum Gasteiger partial charge on any atom is -0.0991 e. The van der Waals surface area contributed by atoms with Gasteiger partial charge >= 0.3 is 0 Å². The van der Waals surface area contributed by atoms with E-state index in [0.717, 1.165) is 29.6 Å². The molecule has 0 spiro atoms. The molecular formula is C21H28. The van der Waals surface area contributed by atoms with Gasteiger partial charge in [0.2, 0.25) is 0 Å². The molecular weight excluding hydrogens is 252 g/mol. The summed E-state index contributed by atoms with van der Waals surface area (Å²) in [6.07, 6.45) is 9.93. The predicted molar refractivity (Wildman–Crippen MR) is 98.3 cm³/mol. The molecule has 1 aromatic carbocycles. The van der Waals surface area contributed by atoms with Gasteiger partial charge in [0.15, 0.2) is 0 Å². The fourth-order valence-corrected chi connectivity index (χ4v) is 1.93. The smallest absolute Gasteiger partial charge is 0.0184 e. The standard InChI is InChI=1S/C19H22.C2H6/c1-5-11-18(12-6-2)16(4)15-17(7-3)19-13-9-8-10-14-19;1-2/h5,7-11,13-15H,1,3-4,6,12H2,2H3;1-2H3/b17-15+,18-11+;. The van der Waals surface area contributed by atoms with Gasteiger partial charge in [-0.25, -0.2) is 0 Å². The Balaban J connectivity index is 0.00000191. The highest BCUT2D eigenvalue weighted by Crippen LogP contribution is 2.22. The summed E-state index contributed by atoms with van der Waals surface area (Å²) in [6.45, 7) is 18.0. The first kappa shape index (κ1) is 18.9. The fraction of sp³-hybridized carbons (Fsp3) is 0.238. The van der Waals surface area contributed by atoms with Crippen molar-refractivity contribution in [2.75, 3.05) is 0 Å². The lowest BCUT2D eigenvalue weighted by Crippen LogP contribution is -1.88. The maximum Gasteiger partial charge on any atom is -0.0184 e. The number of hydrogen-bond acceptors (Lipinski definition) is 0. The monoisotopic (exact) mass is 280 g/mol. The summed E-state index contributed by atoms with van der Waals surface area (Å²) in [6, 6.07) is 10.2. The molecule has 0 aliphatic rings. The van der Waals surface area contributed by atoms with Crippen molar-refractivity contribution in [1.29, 1.82) is 0 Å². The molecule has 21 heavy (non-hydrogen) atoms. The van der Waals surface area contributed by atoms with Crippen LogP contribution < -0.4 is 0 Å². The van der Waals surface area contributed by atoms with E-state index in [1.54, 1.807) is 0 Å². The SMILES string of the molecule is C=C/C=C(\CCC)C(=C)/C=C(\C=C)c1ccccc1.CC. The molecule has 0 aliphatic carbocycles. The van der Waals surface area contributed by atoms with E-state index in [1.807, 2.05) is 50.3 Å². The summed E-state index contributed by atoms with van der Waals surface area (Å²) in [5, 5.41) is 0. The second-order valence-electron chi connectivity index (χ2n) is 4.37. The minimum absolute atomic E-state index is 1.01. The summed E-state index contributed by atoms with van der Waals surface area (Å²) in [4.78, 5) is 0. The molecule has 0 radical (unpaired) electrons. The summed E-state index contributed by atoms with van der Waals surface area (Å²) in [7, 11) is 0. The lowest BCUT2D eigenvalue weighted by Gasteiger charge is -2.08. The summed E-state index contributed by atoms with van der Waals surface area (Å²) < 4.78 is 0. The molecule has 0 heterocycles. The second-order valence-corrected chi connectivity index (χ2v) is 4.37. The predicted octanol–water partition coefficient (Wildman–Crippen LogP) is 6.75. The van der Waals surface area contributed by atoms with Crippen LogP contribution in [-0.2, 0) is 0 Å². The highest BCUT2D eigenvalue weighted by Gasteiger charge is 2.01. The van der Waals surface area contributed by atoms with E-state index < -0.39 is 0 Å². The molecule has 0 bridgehead atoms. The highest BCUT2D eigenvalue weighted by atomic mass is 14.1. The zero-order chi connectivity index (χ0) is 16.1. The Morgan fingerprint density at radius 1 is 1.10 bits per heavy atom. The number of benzene rings is 1. The van der Waals surface area contributed by atoms with Crippen molar-refractivity contribution in [3.05, 3.63) is 91.1 Å². The average molecular weight is 280 g/mol. The second kappa shape index (κ2) is 11.7. The molecule has 0 unspecified atom stereocenters. The van der Waals surface area contributed by atoms with Crippen LogP contribution in [0.3, 0.4) is 0 Å². The van der Waals surface area contributed by atoms with Crippen molar-refractivity contribution in [1.82, 2.24) is 0 Å². The van der Waals surface area contributed by atoms with Gasteiger partial charge in [-0.2, -0.15) is 0 Å². The lowest BCUT2D eigenvalue weighted by molar-refractivity contribution is 0.919. The van der Waals surface area contributed by atoms with E-state index in [-0.39, 0.29) is 0 Å². The molecule has 112 valence electrons. The Hall–Kier alpha value is -2.08. The average Bonchev–Trinajstić information content (AvgIpc) is 2.55. The van der Waals surface area contributed by atoms with Gasteiger partial charge in [0, 0.05) is 0 Å². The van der Waals surface area contributed by atoms with Crippen LogP contribution in [0.4, 0.5) is 0 Å². The van der Waals surface area contributed by atoms with Crippen LogP contribution in [0.2, 0.25) is 0 Å². The van der Waals surface area contributed by atoms with Gasteiger partial charge in [-0.3, -0.25) is 0 Å². The van der Waals surface area contributed by atoms with Crippen LogP contribution in [0.25, 0.3) is 5.57 Å². The summed E-state index contributed by atoms with van der Waals surface area (Å²) >= 11 is 0. The molecule has 0 nitrogen and oxygen atoms in total. The first-order valence-corrected chi connectivity index (χ1v) is 7.63. The molecule has 0 aromatic heterocycles. The van der Waals surface area contributed by atoms with Crippen LogP contribution >= 0.6 is 0 Å². The van der Waals surface area contributed by atoms with Gasteiger partial charge in [-0.15, -0.1) is 0 Å². The maximum atomic E-state index is 4.17. The molecule has 0 saturated carbocycles. The van der Waals surface area contributed by atoms with Crippen molar-refractivity contribution >= 4 is 5.57 Å². The summed E-state index contributed by atoms with van der Waals surface area (Å²) in [5.41, 5.74) is 4.51. The van der Waals surface area contributed by atoms with Gasteiger partial charge in [0.05, 0.1) is 0 Å². The fourth-order valence-electron chi connectivity index (χ4n) is 1.93. The van der Waals surface area contributed by atoms with E-state index in [1.165, 1.54) is 5.57 Å². The molecule has 0 heteroatoms. The third-order valence-electron chi connectivity index (χ3n) is 2.91. The topological polar surface area (TPSA) is 0 Å². The number of hydrogen-bond donors (Lipinski definition) is 0. The molecule has 1 aromatic rings. The largest absolute Gasteiger partial charge is 0.0991 e. The highest BCUT2D eigenvalue weighted by molar-refractivity contribution is 5.76. The molecule has 0 N–H and O–H groups in total. The zero-order valence-electron chi connectivity index (χ0n) is 13.7.